The van der Waals surface area contributed by atoms with Gasteiger partial charge in [-0.05, 0) is 86.2 Å². The monoisotopic (exact) mass is 537 g/mol. The maximum atomic E-state index is 13.7. The van der Waals surface area contributed by atoms with Gasteiger partial charge < -0.3 is 15.1 Å². The maximum absolute atomic E-state index is 13.7. The molecule has 3 aromatic carbocycles. The van der Waals surface area contributed by atoms with Gasteiger partial charge in [-0.25, -0.2) is 4.79 Å². The summed E-state index contributed by atoms with van der Waals surface area (Å²) in [5.74, 6) is 0.0210. The standard InChI is InChI=1S/C33H39N5O2/c1-24(2)37-21-22-38(33(37)40)30-15-13-29(14-16-30)35-17-19-36(20-18-35)31(26-7-4-3-5-8-26)32(39)34-28-12-11-25-9-6-10-27(25)23-28/h3-5,7-8,11-16,23-24,31H,6,9-10,17-22H2,1-2H3,(H,34,39). The zero-order valence-electron chi connectivity index (χ0n) is 23.6. The first-order valence-electron chi connectivity index (χ1n) is 14.6. The zero-order valence-corrected chi connectivity index (χ0v) is 23.6. The molecule has 6 rings (SSSR count). The Bertz CT molecular complexity index is 1350. The Balaban J connectivity index is 1.12. The van der Waals surface area contributed by atoms with Crippen molar-refractivity contribution in [1.82, 2.24) is 9.80 Å². The van der Waals surface area contributed by atoms with E-state index >= 15 is 0 Å². The maximum Gasteiger partial charge on any atom is 0.324 e. The van der Waals surface area contributed by atoms with E-state index < -0.39 is 0 Å². The van der Waals surface area contributed by atoms with Crippen molar-refractivity contribution in [2.24, 2.45) is 0 Å². The van der Waals surface area contributed by atoms with E-state index in [-0.39, 0.29) is 24.0 Å². The van der Waals surface area contributed by atoms with Crippen molar-refractivity contribution in [3.8, 4) is 0 Å². The molecule has 0 saturated carbocycles. The van der Waals surface area contributed by atoms with Crippen LogP contribution >= 0.6 is 0 Å². The number of nitrogens with one attached hydrogen (secondary N) is 1. The van der Waals surface area contributed by atoms with Crippen LogP contribution < -0.4 is 15.1 Å². The topological polar surface area (TPSA) is 59.1 Å². The van der Waals surface area contributed by atoms with Gasteiger partial charge in [0, 0.05) is 62.4 Å². The molecule has 2 aliphatic heterocycles. The molecule has 0 aromatic heterocycles. The molecule has 3 aliphatic rings. The van der Waals surface area contributed by atoms with Crippen LogP contribution in [0, 0.1) is 0 Å². The average Bonchev–Trinajstić information content (AvgIpc) is 3.60. The lowest BCUT2D eigenvalue weighted by molar-refractivity contribution is -0.121. The van der Waals surface area contributed by atoms with Gasteiger partial charge in [-0.1, -0.05) is 36.4 Å². The van der Waals surface area contributed by atoms with E-state index in [1.807, 2.05) is 34.1 Å². The van der Waals surface area contributed by atoms with Crippen LogP contribution in [0.3, 0.4) is 0 Å². The number of hydrogen-bond donors (Lipinski definition) is 1. The molecule has 3 aromatic rings. The summed E-state index contributed by atoms with van der Waals surface area (Å²) in [5, 5.41) is 3.23. The van der Waals surface area contributed by atoms with Gasteiger partial charge in [0.1, 0.15) is 6.04 Å². The summed E-state index contributed by atoms with van der Waals surface area (Å²) in [5.41, 5.74) is 6.77. The van der Waals surface area contributed by atoms with Crippen molar-refractivity contribution in [2.75, 3.05) is 54.4 Å². The minimum absolute atomic E-state index is 0.0210. The Hall–Kier alpha value is -3.84. The van der Waals surface area contributed by atoms with Crippen LogP contribution in [-0.2, 0) is 17.6 Å². The Morgan fingerprint density at radius 2 is 1.48 bits per heavy atom. The van der Waals surface area contributed by atoms with Gasteiger partial charge >= 0.3 is 6.03 Å². The first kappa shape index (κ1) is 26.4. The van der Waals surface area contributed by atoms with Crippen molar-refractivity contribution < 1.29 is 9.59 Å². The second-order valence-electron chi connectivity index (χ2n) is 11.4. The molecule has 0 bridgehead atoms. The van der Waals surface area contributed by atoms with Crippen molar-refractivity contribution >= 4 is 29.0 Å². The molecule has 0 radical (unpaired) electrons. The third-order valence-electron chi connectivity index (χ3n) is 8.60. The highest BCUT2D eigenvalue weighted by Gasteiger charge is 2.32. The lowest BCUT2D eigenvalue weighted by Gasteiger charge is -2.40. The number of nitrogens with zero attached hydrogens (tertiary/aromatic N) is 4. The summed E-state index contributed by atoms with van der Waals surface area (Å²) in [4.78, 5) is 34.9. The Morgan fingerprint density at radius 3 is 2.17 bits per heavy atom. The first-order chi connectivity index (χ1) is 19.5. The summed E-state index contributed by atoms with van der Waals surface area (Å²) in [7, 11) is 0. The third kappa shape index (κ3) is 5.30. The fourth-order valence-corrected chi connectivity index (χ4v) is 6.38. The summed E-state index contributed by atoms with van der Waals surface area (Å²) in [6, 6.07) is 24.8. The van der Waals surface area contributed by atoms with Gasteiger partial charge in [0.05, 0.1) is 0 Å². The normalized spacial score (nSPS) is 18.4. The quantitative estimate of drug-likeness (QED) is 0.443. The second-order valence-corrected chi connectivity index (χ2v) is 11.4. The SMILES string of the molecule is CC(C)N1CCN(c2ccc(N3CCN(C(C(=O)Nc4ccc5c(c4)CCC5)c4ccccc4)CC3)cc2)C1=O. The van der Waals surface area contributed by atoms with Crippen LogP contribution in [0.15, 0.2) is 72.8 Å². The molecule has 2 saturated heterocycles. The molecule has 0 spiro atoms. The minimum Gasteiger partial charge on any atom is -0.369 e. The number of carbonyl (C=O) groups excluding carboxylic acids is 2. The van der Waals surface area contributed by atoms with E-state index in [0.29, 0.717) is 0 Å². The number of carbonyl (C=O) groups is 2. The molecule has 3 amide bonds. The van der Waals surface area contributed by atoms with Crippen LogP contribution in [0.4, 0.5) is 21.9 Å². The molecular weight excluding hydrogens is 498 g/mol. The van der Waals surface area contributed by atoms with E-state index in [1.165, 1.54) is 17.5 Å². The summed E-state index contributed by atoms with van der Waals surface area (Å²) in [6.45, 7) is 8.84. The van der Waals surface area contributed by atoms with Gasteiger partial charge in [0.25, 0.3) is 0 Å². The number of fused-ring (bicyclic) bond motifs is 1. The predicted molar refractivity (Wildman–Crippen MR) is 161 cm³/mol. The molecule has 7 nitrogen and oxygen atoms in total. The van der Waals surface area contributed by atoms with Crippen molar-refractivity contribution in [3.05, 3.63) is 89.5 Å². The number of urea groups is 1. The van der Waals surface area contributed by atoms with E-state index in [1.54, 1.807) is 0 Å². The second kappa shape index (κ2) is 11.3. The number of aryl methyl sites for hydroxylation is 2. The van der Waals surface area contributed by atoms with E-state index in [9.17, 15) is 9.59 Å². The fraction of sp³-hybridized carbons (Fsp3) is 0.394. The van der Waals surface area contributed by atoms with E-state index in [0.717, 1.165) is 74.7 Å². The van der Waals surface area contributed by atoms with Crippen molar-refractivity contribution in [2.45, 2.75) is 45.2 Å². The van der Waals surface area contributed by atoms with Crippen LogP contribution in [-0.4, -0.2) is 67.0 Å². The first-order valence-corrected chi connectivity index (χ1v) is 14.6. The molecule has 7 heteroatoms. The predicted octanol–water partition coefficient (Wildman–Crippen LogP) is 5.33. The lowest BCUT2D eigenvalue weighted by atomic mass is 10.0. The summed E-state index contributed by atoms with van der Waals surface area (Å²) >= 11 is 0. The van der Waals surface area contributed by atoms with Gasteiger partial charge in [0.15, 0.2) is 0 Å². The van der Waals surface area contributed by atoms with Crippen LogP contribution in [0.1, 0.15) is 43.0 Å². The van der Waals surface area contributed by atoms with Gasteiger partial charge in [-0.15, -0.1) is 0 Å². The summed E-state index contributed by atoms with van der Waals surface area (Å²) < 4.78 is 0. The molecule has 1 aliphatic carbocycles. The summed E-state index contributed by atoms with van der Waals surface area (Å²) in [6.07, 6.45) is 3.42. The molecule has 1 N–H and O–H groups in total. The van der Waals surface area contributed by atoms with E-state index in [4.69, 9.17) is 0 Å². The number of rotatable bonds is 7. The largest absolute Gasteiger partial charge is 0.369 e. The van der Waals surface area contributed by atoms with E-state index in [2.05, 4.69) is 77.5 Å². The molecule has 2 heterocycles. The highest BCUT2D eigenvalue weighted by atomic mass is 16.2. The van der Waals surface area contributed by atoms with Crippen molar-refractivity contribution in [1.29, 1.82) is 0 Å². The Kier molecular flexibility index (Phi) is 7.48. The molecule has 40 heavy (non-hydrogen) atoms. The minimum atomic E-state index is -0.343. The number of benzene rings is 3. The lowest BCUT2D eigenvalue weighted by Crippen LogP contribution is -2.50. The van der Waals surface area contributed by atoms with Crippen LogP contribution in [0.2, 0.25) is 0 Å². The zero-order chi connectivity index (χ0) is 27.6. The van der Waals surface area contributed by atoms with Crippen LogP contribution in [0.5, 0.6) is 0 Å². The Morgan fingerprint density at radius 1 is 0.775 bits per heavy atom. The van der Waals surface area contributed by atoms with Crippen molar-refractivity contribution in [3.63, 3.8) is 0 Å². The highest BCUT2D eigenvalue weighted by molar-refractivity contribution is 5.96. The number of amides is 3. The number of anilines is 3. The van der Waals surface area contributed by atoms with Gasteiger partial charge in [-0.2, -0.15) is 0 Å². The molecule has 208 valence electrons. The fourth-order valence-electron chi connectivity index (χ4n) is 6.38. The third-order valence-corrected chi connectivity index (χ3v) is 8.60. The van der Waals surface area contributed by atoms with Gasteiger partial charge in [0.2, 0.25) is 5.91 Å². The average molecular weight is 538 g/mol. The molecule has 1 unspecified atom stereocenters. The molecule has 1 atom stereocenters. The molecule has 2 fully saturated rings. The Labute approximate surface area is 237 Å². The smallest absolute Gasteiger partial charge is 0.324 e. The van der Waals surface area contributed by atoms with Crippen LogP contribution in [0.25, 0.3) is 0 Å². The number of hydrogen-bond acceptors (Lipinski definition) is 4. The molecular formula is C33H39N5O2. The van der Waals surface area contributed by atoms with Gasteiger partial charge in [-0.3, -0.25) is 14.6 Å². The highest BCUT2D eigenvalue weighted by Crippen LogP contribution is 2.30. The number of piperazine rings is 1.